The van der Waals surface area contributed by atoms with E-state index in [0.29, 0.717) is 32.3 Å². The van der Waals surface area contributed by atoms with Crippen molar-refractivity contribution in [1.82, 2.24) is 5.32 Å². The van der Waals surface area contributed by atoms with E-state index < -0.39 is 69.0 Å². The quantitative estimate of drug-likeness (QED) is 0.235. The maximum Gasteiger partial charge on any atom is 0.407 e. The van der Waals surface area contributed by atoms with Gasteiger partial charge in [0.15, 0.2) is 18.9 Å². The van der Waals surface area contributed by atoms with Crippen molar-refractivity contribution in [3.63, 3.8) is 0 Å². The standard InChI is InChI=1S/C41H65N2O12P/c1-10-27-35(46-7)23(5)31(43-40(45)47-19-25-15-13-12-14-16-25)39(51-27)53-36-24(6)38(50-28(36)11-2)54-37-32(44)26(42)17-21(3)34(37)52-30-18-22(4)33-29(49-30)20-48-41(55-33)56(8)9/h12-16,21-24,26-39,41,44H,8,10-11,17-20,42H2,1-7,9H3/p+1. The van der Waals surface area contributed by atoms with Crippen LogP contribution in [0.5, 0.6) is 0 Å². The largest absolute Gasteiger partial charge is 0.445 e. The Morgan fingerprint density at radius 1 is 0.893 bits per heavy atom. The highest BCUT2D eigenvalue weighted by atomic mass is 31.1. The summed E-state index contributed by atoms with van der Waals surface area (Å²) in [5, 5.41) is 14.6. The summed E-state index contributed by atoms with van der Waals surface area (Å²) in [5.41, 5.74) is 7.38. The number of nitrogens with two attached hydrogens (primary N) is 1. The highest BCUT2D eigenvalue weighted by molar-refractivity contribution is 7.55. The third kappa shape index (κ3) is 9.80. The number of hydrogen-bond acceptors (Lipinski definition) is 13. The maximum absolute atomic E-state index is 13.2. The molecule has 1 saturated carbocycles. The average molecular weight is 810 g/mol. The van der Waals surface area contributed by atoms with Crippen molar-refractivity contribution < 1.29 is 57.3 Å². The number of rotatable bonds is 13. The number of methoxy groups -OCH3 is 1. The van der Waals surface area contributed by atoms with Gasteiger partial charge < -0.3 is 63.5 Å². The number of aliphatic hydroxyl groups is 1. The molecule has 5 aliphatic rings. The second kappa shape index (κ2) is 19.5. The fourth-order valence-electron chi connectivity index (χ4n) is 9.08. The molecule has 14 nitrogen and oxygen atoms in total. The Hall–Kier alpha value is -1.78. The number of alkyl carbamates (subject to hydrolysis) is 1. The molecular weight excluding hydrogens is 743 g/mol. The van der Waals surface area contributed by atoms with Crippen LogP contribution < -0.4 is 11.1 Å². The maximum atomic E-state index is 13.2. The summed E-state index contributed by atoms with van der Waals surface area (Å²) < 4.78 is 63.5. The molecule has 0 bridgehead atoms. The van der Waals surface area contributed by atoms with Gasteiger partial charge in [0, 0.05) is 31.4 Å². The summed E-state index contributed by atoms with van der Waals surface area (Å²) in [5.74, 6) is -0.340. The van der Waals surface area contributed by atoms with Crippen molar-refractivity contribution in [3.05, 3.63) is 35.9 Å². The number of hydrogen-bond donors (Lipinski definition) is 3. The van der Waals surface area contributed by atoms with Crippen LogP contribution in [0.25, 0.3) is 0 Å². The number of fused-ring (bicyclic) bond motifs is 1. The van der Waals surface area contributed by atoms with Crippen molar-refractivity contribution in [1.29, 1.82) is 0 Å². The number of benzene rings is 1. The van der Waals surface area contributed by atoms with Gasteiger partial charge in [-0.3, -0.25) is 0 Å². The fourth-order valence-corrected chi connectivity index (χ4v) is 9.77. The third-order valence-electron chi connectivity index (χ3n) is 12.3. The van der Waals surface area contributed by atoms with Gasteiger partial charge in [-0.05, 0) is 36.7 Å². The second-order valence-electron chi connectivity index (χ2n) is 16.5. The Labute approximate surface area is 333 Å². The SMILES string of the molecule is C=[P+](C)C1OCC2OC(OC3C(C)CC(N)C(O)C3OC3OC(CC)C(OC4OC(CC)C(OC)C(C)C4NC(=O)OCc4ccccc4)C3C)CC(C)C2O1. The minimum atomic E-state index is -1.00. The fraction of sp³-hybridized carbons (Fsp3) is 0.805. The Bertz CT molecular complexity index is 1430. The molecule has 6 rings (SSSR count). The molecule has 0 aromatic heterocycles. The van der Waals surface area contributed by atoms with Gasteiger partial charge in [0.2, 0.25) is 0 Å². The molecule has 4 heterocycles. The predicted octanol–water partition coefficient (Wildman–Crippen LogP) is 4.72. The Kier molecular flexibility index (Phi) is 15.3. The minimum absolute atomic E-state index is 0.0378. The first-order valence-corrected chi connectivity index (χ1v) is 22.5. The molecule has 0 radical (unpaired) electrons. The highest BCUT2D eigenvalue weighted by Crippen LogP contribution is 2.42. The molecule has 20 unspecified atom stereocenters. The summed E-state index contributed by atoms with van der Waals surface area (Å²) >= 11 is 0. The lowest BCUT2D eigenvalue weighted by Gasteiger charge is -2.47. The Morgan fingerprint density at radius 2 is 1.57 bits per heavy atom. The van der Waals surface area contributed by atoms with Crippen LogP contribution in [0.4, 0.5) is 4.79 Å². The predicted molar refractivity (Wildman–Crippen MR) is 210 cm³/mol. The molecule has 4 aliphatic heterocycles. The van der Waals surface area contributed by atoms with Crippen LogP contribution in [0, 0.1) is 23.7 Å². The van der Waals surface area contributed by atoms with E-state index in [0.717, 1.165) is 5.56 Å². The molecule has 1 aromatic rings. The molecule has 5 fully saturated rings. The Balaban J connectivity index is 1.14. The third-order valence-corrected chi connectivity index (χ3v) is 13.3. The topological polar surface area (TPSA) is 168 Å². The van der Waals surface area contributed by atoms with Gasteiger partial charge in [0.1, 0.15) is 33.0 Å². The van der Waals surface area contributed by atoms with Gasteiger partial charge in [-0.25, -0.2) is 4.79 Å². The number of aliphatic hydroxyl groups excluding tert-OH is 1. The number of ether oxygens (including phenoxy) is 10. The molecule has 4 saturated heterocycles. The smallest absolute Gasteiger partial charge is 0.407 e. The average Bonchev–Trinajstić information content (AvgIpc) is 3.48. The molecule has 1 aromatic carbocycles. The van der Waals surface area contributed by atoms with Crippen molar-refractivity contribution in [2.45, 2.75) is 166 Å². The summed E-state index contributed by atoms with van der Waals surface area (Å²) in [6.45, 7) is 14.9. The van der Waals surface area contributed by atoms with Gasteiger partial charge in [-0.2, -0.15) is 0 Å². The number of nitrogens with one attached hydrogen (secondary N) is 1. The zero-order chi connectivity index (χ0) is 40.3. The van der Waals surface area contributed by atoms with Crippen molar-refractivity contribution >= 4 is 19.9 Å². The lowest BCUT2D eigenvalue weighted by atomic mass is 9.80. The zero-order valence-corrected chi connectivity index (χ0v) is 35.2. The van der Waals surface area contributed by atoms with Crippen LogP contribution in [0.1, 0.15) is 72.8 Å². The molecule has 56 heavy (non-hydrogen) atoms. The van der Waals surface area contributed by atoms with Crippen LogP contribution in [0.15, 0.2) is 30.3 Å². The molecule has 0 spiro atoms. The van der Waals surface area contributed by atoms with Crippen LogP contribution in [-0.4, -0.2) is 130 Å². The van der Waals surface area contributed by atoms with E-state index in [1.54, 1.807) is 7.11 Å². The zero-order valence-electron chi connectivity index (χ0n) is 34.3. The normalized spacial score (nSPS) is 44.5. The summed E-state index contributed by atoms with van der Waals surface area (Å²) in [4.78, 5) is 13.2. The van der Waals surface area contributed by atoms with E-state index in [2.05, 4.69) is 25.5 Å². The van der Waals surface area contributed by atoms with Gasteiger partial charge >= 0.3 is 12.1 Å². The molecule has 20 atom stereocenters. The summed E-state index contributed by atoms with van der Waals surface area (Å²) in [6.07, 6.45) is -0.126. The first kappa shape index (κ1) is 43.8. The van der Waals surface area contributed by atoms with Gasteiger partial charge in [-0.15, -0.1) is 0 Å². The highest BCUT2D eigenvalue weighted by Gasteiger charge is 2.53. The molecule has 15 heteroatoms. The van der Waals surface area contributed by atoms with E-state index in [4.69, 9.17) is 53.1 Å². The summed E-state index contributed by atoms with van der Waals surface area (Å²) in [7, 11) is 0.999. The molecule has 316 valence electrons. The van der Waals surface area contributed by atoms with Crippen molar-refractivity contribution in [3.8, 4) is 0 Å². The molecule has 1 amide bonds. The number of carbonyl (C=O) groups is 1. The van der Waals surface area contributed by atoms with Gasteiger partial charge in [0.05, 0.1) is 61.7 Å². The number of carbonyl (C=O) groups excluding carboxylic acids is 1. The van der Waals surface area contributed by atoms with E-state index in [1.165, 1.54) is 0 Å². The first-order valence-electron chi connectivity index (χ1n) is 20.5. The van der Waals surface area contributed by atoms with Crippen molar-refractivity contribution in [2.75, 3.05) is 20.4 Å². The molecular formula is C41H66N2O12P+. The van der Waals surface area contributed by atoms with Crippen LogP contribution in [0.3, 0.4) is 0 Å². The molecule has 4 N–H and O–H groups in total. The van der Waals surface area contributed by atoms with Crippen LogP contribution in [-0.2, 0) is 54.0 Å². The minimum Gasteiger partial charge on any atom is -0.445 e. The second-order valence-corrected chi connectivity index (χ2v) is 18.5. The first-order chi connectivity index (χ1) is 26.8. The van der Waals surface area contributed by atoms with Gasteiger partial charge in [0.25, 0.3) is 0 Å². The van der Waals surface area contributed by atoms with Crippen LogP contribution >= 0.6 is 7.55 Å². The van der Waals surface area contributed by atoms with E-state index in [1.807, 2.05) is 64.7 Å². The van der Waals surface area contributed by atoms with E-state index in [9.17, 15) is 9.90 Å². The van der Waals surface area contributed by atoms with Gasteiger partial charge in [-0.1, -0.05) is 71.9 Å². The Morgan fingerprint density at radius 3 is 2.25 bits per heavy atom. The lowest BCUT2D eigenvalue weighted by Crippen LogP contribution is -2.62. The molecule has 1 aliphatic carbocycles. The van der Waals surface area contributed by atoms with E-state index >= 15 is 0 Å². The number of amides is 1. The van der Waals surface area contributed by atoms with Crippen molar-refractivity contribution in [2.24, 2.45) is 29.4 Å². The van der Waals surface area contributed by atoms with E-state index in [-0.39, 0.29) is 66.8 Å². The summed E-state index contributed by atoms with van der Waals surface area (Å²) in [6, 6.07) is 8.12. The monoisotopic (exact) mass is 809 g/mol. The lowest BCUT2D eigenvalue weighted by molar-refractivity contribution is -0.332. The van der Waals surface area contributed by atoms with Crippen LogP contribution in [0.2, 0.25) is 0 Å².